The summed E-state index contributed by atoms with van der Waals surface area (Å²) < 4.78 is 1.64. The van der Waals surface area contributed by atoms with Crippen LogP contribution in [0.4, 0.5) is 0 Å². The summed E-state index contributed by atoms with van der Waals surface area (Å²) in [6.45, 7) is 4.40. The van der Waals surface area contributed by atoms with Gasteiger partial charge in [0, 0.05) is 26.2 Å². The van der Waals surface area contributed by atoms with Crippen LogP contribution in [0.1, 0.15) is 29.4 Å². The number of aromatic nitrogens is 2. The molecule has 18 heavy (non-hydrogen) atoms. The van der Waals surface area contributed by atoms with E-state index in [-0.39, 0.29) is 0 Å². The highest BCUT2D eigenvalue weighted by Gasteiger charge is 2.29. The molecule has 2 unspecified atom stereocenters. The topological polar surface area (TPSA) is 84.4 Å². The van der Waals surface area contributed by atoms with E-state index < -0.39 is 5.97 Å². The summed E-state index contributed by atoms with van der Waals surface area (Å²) >= 11 is 0. The number of hydrogen-bond acceptors (Lipinski definition) is 4. The Balaban J connectivity index is 2.14. The van der Waals surface area contributed by atoms with Crippen molar-refractivity contribution in [1.29, 1.82) is 0 Å². The Kier molecular flexibility index (Phi) is 3.68. The van der Waals surface area contributed by atoms with Gasteiger partial charge in [-0.05, 0) is 25.8 Å². The first-order valence-electron chi connectivity index (χ1n) is 6.21. The van der Waals surface area contributed by atoms with Crippen LogP contribution in [-0.4, -0.2) is 44.9 Å². The fourth-order valence-corrected chi connectivity index (χ4v) is 2.63. The lowest BCUT2D eigenvalue weighted by Crippen LogP contribution is -2.29. The number of carboxylic acid groups (broad SMARTS) is 1. The quantitative estimate of drug-likeness (QED) is 0.804. The Labute approximate surface area is 106 Å². The smallest absolute Gasteiger partial charge is 0.339 e. The molecular formula is C12H20N4O2. The van der Waals surface area contributed by atoms with Crippen molar-refractivity contribution in [3.8, 4) is 0 Å². The van der Waals surface area contributed by atoms with Gasteiger partial charge in [-0.1, -0.05) is 0 Å². The van der Waals surface area contributed by atoms with Crippen molar-refractivity contribution in [1.82, 2.24) is 14.7 Å². The Morgan fingerprint density at radius 2 is 2.39 bits per heavy atom. The van der Waals surface area contributed by atoms with Gasteiger partial charge in [0.25, 0.3) is 0 Å². The zero-order valence-electron chi connectivity index (χ0n) is 10.8. The third-order valence-corrected chi connectivity index (χ3v) is 3.77. The molecule has 1 aromatic heterocycles. The second-order valence-corrected chi connectivity index (χ2v) is 5.05. The summed E-state index contributed by atoms with van der Waals surface area (Å²) in [5.74, 6) is -0.401. The van der Waals surface area contributed by atoms with E-state index in [0.717, 1.165) is 18.7 Å². The average Bonchev–Trinajstić information content (AvgIpc) is 2.85. The van der Waals surface area contributed by atoms with Gasteiger partial charge in [-0.15, -0.1) is 0 Å². The van der Waals surface area contributed by atoms with Crippen molar-refractivity contribution in [2.24, 2.45) is 18.7 Å². The second-order valence-electron chi connectivity index (χ2n) is 5.05. The van der Waals surface area contributed by atoms with E-state index in [1.807, 2.05) is 0 Å². The Hall–Kier alpha value is -1.40. The number of aromatic carboxylic acids is 1. The van der Waals surface area contributed by atoms with Crippen LogP contribution < -0.4 is 5.73 Å². The van der Waals surface area contributed by atoms with Gasteiger partial charge in [0.2, 0.25) is 0 Å². The molecule has 0 bridgehead atoms. The first kappa shape index (κ1) is 13.0. The Morgan fingerprint density at radius 3 is 2.94 bits per heavy atom. The minimum atomic E-state index is -0.916. The third-order valence-electron chi connectivity index (χ3n) is 3.77. The van der Waals surface area contributed by atoms with Crippen LogP contribution >= 0.6 is 0 Å². The predicted molar refractivity (Wildman–Crippen MR) is 67.2 cm³/mol. The average molecular weight is 252 g/mol. The number of likely N-dealkylation sites (tertiary alicyclic amines) is 1. The fourth-order valence-electron chi connectivity index (χ4n) is 2.63. The molecule has 0 spiro atoms. The number of aryl methyl sites for hydroxylation is 1. The summed E-state index contributed by atoms with van der Waals surface area (Å²) in [5, 5.41) is 13.2. The molecule has 0 aromatic carbocycles. The molecule has 0 saturated carbocycles. The molecule has 1 fully saturated rings. The molecule has 6 nitrogen and oxygen atoms in total. The normalized spacial score (nSPS) is 24.6. The largest absolute Gasteiger partial charge is 0.478 e. The highest BCUT2D eigenvalue weighted by atomic mass is 16.4. The maximum Gasteiger partial charge on any atom is 0.339 e. The van der Waals surface area contributed by atoms with Crippen LogP contribution in [0.15, 0.2) is 6.20 Å². The molecule has 0 radical (unpaired) electrons. The van der Waals surface area contributed by atoms with E-state index in [1.54, 1.807) is 11.7 Å². The SMILES string of the molecule is CC1CC(CN)CN1Cc1c(C(=O)O)cnn1C. The standard InChI is InChI=1S/C12H20N4O2/c1-8-3-9(4-13)6-16(8)7-11-10(12(17)18)5-14-15(11)2/h5,8-9H,3-4,6-7,13H2,1-2H3,(H,17,18). The van der Waals surface area contributed by atoms with Crippen LogP contribution in [0.25, 0.3) is 0 Å². The molecule has 0 aliphatic carbocycles. The number of nitrogens with two attached hydrogens (primary N) is 1. The van der Waals surface area contributed by atoms with Crippen LogP contribution in [0, 0.1) is 5.92 Å². The number of rotatable bonds is 4. The van der Waals surface area contributed by atoms with Crippen molar-refractivity contribution in [2.45, 2.75) is 25.9 Å². The Bertz CT molecular complexity index is 443. The summed E-state index contributed by atoms with van der Waals surface area (Å²) in [6.07, 6.45) is 2.50. The highest BCUT2D eigenvalue weighted by Crippen LogP contribution is 2.24. The van der Waals surface area contributed by atoms with E-state index >= 15 is 0 Å². The van der Waals surface area contributed by atoms with Crippen LogP contribution in [0.2, 0.25) is 0 Å². The van der Waals surface area contributed by atoms with Crippen molar-refractivity contribution >= 4 is 5.97 Å². The van der Waals surface area contributed by atoms with E-state index in [9.17, 15) is 4.79 Å². The van der Waals surface area contributed by atoms with Crippen LogP contribution in [-0.2, 0) is 13.6 Å². The number of hydrogen-bond donors (Lipinski definition) is 2. The molecule has 6 heteroatoms. The van der Waals surface area contributed by atoms with Gasteiger partial charge in [-0.25, -0.2) is 4.79 Å². The third kappa shape index (κ3) is 2.39. The summed E-state index contributed by atoms with van der Waals surface area (Å²) in [5.41, 5.74) is 6.75. The summed E-state index contributed by atoms with van der Waals surface area (Å²) in [4.78, 5) is 13.4. The minimum Gasteiger partial charge on any atom is -0.478 e. The highest BCUT2D eigenvalue weighted by molar-refractivity contribution is 5.88. The minimum absolute atomic E-state index is 0.292. The molecule has 0 amide bonds. The van der Waals surface area contributed by atoms with Gasteiger partial charge in [0.1, 0.15) is 5.56 Å². The zero-order chi connectivity index (χ0) is 13.3. The Morgan fingerprint density at radius 1 is 1.67 bits per heavy atom. The maximum absolute atomic E-state index is 11.1. The first-order valence-corrected chi connectivity index (χ1v) is 6.21. The first-order chi connectivity index (χ1) is 8.52. The zero-order valence-corrected chi connectivity index (χ0v) is 10.8. The van der Waals surface area contributed by atoms with E-state index in [0.29, 0.717) is 30.6 Å². The molecule has 1 aliphatic heterocycles. The van der Waals surface area contributed by atoms with E-state index in [1.165, 1.54) is 6.20 Å². The fraction of sp³-hybridized carbons (Fsp3) is 0.667. The summed E-state index contributed by atoms with van der Waals surface area (Å²) in [6, 6.07) is 0.440. The van der Waals surface area contributed by atoms with Gasteiger partial charge in [0.05, 0.1) is 11.9 Å². The molecule has 2 rings (SSSR count). The van der Waals surface area contributed by atoms with Crippen molar-refractivity contribution < 1.29 is 9.90 Å². The molecule has 3 N–H and O–H groups in total. The summed E-state index contributed by atoms with van der Waals surface area (Å²) in [7, 11) is 1.78. The van der Waals surface area contributed by atoms with Gasteiger partial charge in [-0.3, -0.25) is 9.58 Å². The predicted octanol–water partition coefficient (Wildman–Crippen LogP) is 0.287. The van der Waals surface area contributed by atoms with Crippen molar-refractivity contribution in [2.75, 3.05) is 13.1 Å². The molecule has 2 heterocycles. The van der Waals surface area contributed by atoms with E-state index in [4.69, 9.17) is 10.8 Å². The number of nitrogens with zero attached hydrogens (tertiary/aromatic N) is 3. The lowest BCUT2D eigenvalue weighted by Gasteiger charge is -2.21. The second kappa shape index (κ2) is 5.07. The van der Waals surface area contributed by atoms with Gasteiger partial charge < -0.3 is 10.8 Å². The van der Waals surface area contributed by atoms with Crippen LogP contribution in [0.3, 0.4) is 0 Å². The van der Waals surface area contributed by atoms with Gasteiger partial charge in [-0.2, -0.15) is 5.10 Å². The van der Waals surface area contributed by atoms with Crippen LogP contribution in [0.5, 0.6) is 0 Å². The molecule has 2 atom stereocenters. The van der Waals surface area contributed by atoms with Gasteiger partial charge in [0.15, 0.2) is 0 Å². The molecule has 1 aliphatic rings. The van der Waals surface area contributed by atoms with E-state index in [2.05, 4.69) is 16.9 Å². The van der Waals surface area contributed by atoms with Crippen molar-refractivity contribution in [3.05, 3.63) is 17.5 Å². The monoisotopic (exact) mass is 252 g/mol. The molecule has 1 saturated heterocycles. The molecular weight excluding hydrogens is 232 g/mol. The maximum atomic E-state index is 11.1. The lowest BCUT2D eigenvalue weighted by atomic mass is 10.1. The van der Waals surface area contributed by atoms with Crippen molar-refractivity contribution in [3.63, 3.8) is 0 Å². The lowest BCUT2D eigenvalue weighted by molar-refractivity contribution is 0.0694. The number of carbonyl (C=O) groups is 1. The molecule has 100 valence electrons. The number of carboxylic acids is 1. The van der Waals surface area contributed by atoms with Gasteiger partial charge >= 0.3 is 5.97 Å². The molecule has 1 aromatic rings.